The number of methoxy groups -OCH3 is 1. The third-order valence-corrected chi connectivity index (χ3v) is 3.01. The van der Waals surface area contributed by atoms with Crippen molar-refractivity contribution in [3.8, 4) is 0 Å². The van der Waals surface area contributed by atoms with E-state index in [1.807, 2.05) is 0 Å². The summed E-state index contributed by atoms with van der Waals surface area (Å²) in [4.78, 5) is 2.06. The van der Waals surface area contributed by atoms with E-state index in [1.165, 1.54) is 6.07 Å². The molecular formula is C13H19ClFN3O. The maximum absolute atomic E-state index is 13.4. The monoisotopic (exact) mass is 287 g/mol. The molecular weight excluding hydrogens is 269 g/mol. The first-order chi connectivity index (χ1) is 9.02. The van der Waals surface area contributed by atoms with E-state index in [1.54, 1.807) is 19.2 Å². The van der Waals surface area contributed by atoms with Crippen LogP contribution in [0.15, 0.2) is 18.2 Å². The molecule has 0 saturated carbocycles. The van der Waals surface area contributed by atoms with E-state index in [0.717, 1.165) is 5.56 Å². The fourth-order valence-electron chi connectivity index (χ4n) is 1.67. The summed E-state index contributed by atoms with van der Waals surface area (Å²) in [5.41, 5.74) is 6.19. The number of halogens is 2. The van der Waals surface area contributed by atoms with Gasteiger partial charge in [0.25, 0.3) is 0 Å². The Morgan fingerprint density at radius 2 is 2.21 bits per heavy atom. The predicted octanol–water partition coefficient (Wildman–Crippen LogP) is 2.25. The topological polar surface area (TPSA) is 62.3 Å². The van der Waals surface area contributed by atoms with Gasteiger partial charge in [-0.3, -0.25) is 10.3 Å². The Balaban J connectivity index is 2.63. The smallest absolute Gasteiger partial charge is 0.142 e. The van der Waals surface area contributed by atoms with Crippen LogP contribution in [0, 0.1) is 11.2 Å². The van der Waals surface area contributed by atoms with Crippen LogP contribution in [-0.4, -0.2) is 37.5 Å². The van der Waals surface area contributed by atoms with Crippen LogP contribution in [0.2, 0.25) is 5.02 Å². The van der Waals surface area contributed by atoms with Crippen molar-refractivity contribution in [3.05, 3.63) is 34.6 Å². The van der Waals surface area contributed by atoms with Gasteiger partial charge in [-0.2, -0.15) is 0 Å². The molecule has 0 aliphatic rings. The normalized spacial score (nSPS) is 10.9. The van der Waals surface area contributed by atoms with Gasteiger partial charge in [0.2, 0.25) is 0 Å². The van der Waals surface area contributed by atoms with E-state index in [4.69, 9.17) is 27.5 Å². The van der Waals surface area contributed by atoms with E-state index in [2.05, 4.69) is 4.90 Å². The Morgan fingerprint density at radius 3 is 2.79 bits per heavy atom. The Hall–Kier alpha value is -1.17. The summed E-state index contributed by atoms with van der Waals surface area (Å²) in [7, 11) is 1.63. The summed E-state index contributed by atoms with van der Waals surface area (Å²) in [6, 6.07) is 4.76. The molecule has 1 aromatic rings. The maximum Gasteiger partial charge on any atom is 0.142 e. The van der Waals surface area contributed by atoms with Crippen LogP contribution in [0.25, 0.3) is 0 Å². The molecule has 0 bridgehead atoms. The molecule has 0 heterocycles. The van der Waals surface area contributed by atoms with E-state index in [-0.39, 0.29) is 10.9 Å². The molecule has 0 aliphatic carbocycles. The van der Waals surface area contributed by atoms with Gasteiger partial charge in [0, 0.05) is 33.2 Å². The Labute approximate surface area is 117 Å². The quantitative estimate of drug-likeness (QED) is 0.569. The van der Waals surface area contributed by atoms with E-state index >= 15 is 0 Å². The van der Waals surface area contributed by atoms with Gasteiger partial charge in [0.05, 0.1) is 17.5 Å². The molecule has 106 valence electrons. The lowest BCUT2D eigenvalue weighted by molar-refractivity contribution is 0.145. The fourth-order valence-corrected chi connectivity index (χ4v) is 1.78. The standard InChI is InChI=1S/C13H19ClFN3O/c1-19-7-6-18(5-4-13(16)17)9-10-2-3-11(14)12(15)8-10/h2-3,8H,4-7,9H2,1H3,(H3,16,17). The molecule has 0 radical (unpaired) electrons. The summed E-state index contributed by atoms with van der Waals surface area (Å²) in [5, 5.41) is 7.37. The molecule has 0 saturated heterocycles. The van der Waals surface area contributed by atoms with Gasteiger partial charge in [0.1, 0.15) is 5.82 Å². The second kappa shape index (κ2) is 8.09. The second-order valence-electron chi connectivity index (χ2n) is 4.29. The van der Waals surface area contributed by atoms with Gasteiger partial charge in [-0.15, -0.1) is 0 Å². The minimum absolute atomic E-state index is 0.121. The number of ether oxygens (including phenoxy) is 1. The second-order valence-corrected chi connectivity index (χ2v) is 4.70. The molecule has 4 nitrogen and oxygen atoms in total. The molecule has 19 heavy (non-hydrogen) atoms. The Morgan fingerprint density at radius 1 is 1.47 bits per heavy atom. The number of hydrogen-bond acceptors (Lipinski definition) is 3. The number of amidine groups is 1. The molecule has 0 amide bonds. The SMILES string of the molecule is COCCN(CCC(=N)N)Cc1ccc(Cl)c(F)c1. The third kappa shape index (κ3) is 6.00. The largest absolute Gasteiger partial charge is 0.388 e. The molecule has 0 aromatic heterocycles. The van der Waals surface area contributed by atoms with Crippen molar-refractivity contribution in [3.63, 3.8) is 0 Å². The lowest BCUT2D eigenvalue weighted by Crippen LogP contribution is -2.30. The maximum atomic E-state index is 13.4. The minimum atomic E-state index is -0.419. The highest BCUT2D eigenvalue weighted by molar-refractivity contribution is 6.30. The number of nitrogens with two attached hydrogens (primary N) is 1. The van der Waals surface area contributed by atoms with Crippen molar-refractivity contribution in [1.29, 1.82) is 5.41 Å². The Bertz CT molecular complexity index is 428. The predicted molar refractivity (Wildman–Crippen MR) is 75.1 cm³/mol. The van der Waals surface area contributed by atoms with Crippen molar-refractivity contribution < 1.29 is 9.13 Å². The zero-order valence-corrected chi connectivity index (χ0v) is 11.7. The first-order valence-electron chi connectivity index (χ1n) is 6.01. The lowest BCUT2D eigenvalue weighted by atomic mass is 10.2. The van der Waals surface area contributed by atoms with Crippen molar-refractivity contribution in [1.82, 2.24) is 4.90 Å². The number of nitrogens with zero attached hydrogens (tertiary/aromatic N) is 1. The van der Waals surface area contributed by atoms with Crippen LogP contribution < -0.4 is 5.73 Å². The van der Waals surface area contributed by atoms with Gasteiger partial charge in [-0.25, -0.2) is 4.39 Å². The van der Waals surface area contributed by atoms with E-state index in [0.29, 0.717) is 32.7 Å². The van der Waals surface area contributed by atoms with Crippen LogP contribution >= 0.6 is 11.6 Å². The number of nitrogens with one attached hydrogen (secondary N) is 1. The first-order valence-corrected chi connectivity index (χ1v) is 6.39. The van der Waals surface area contributed by atoms with Crippen molar-refractivity contribution in [2.75, 3.05) is 26.8 Å². The molecule has 1 aromatic carbocycles. The molecule has 0 atom stereocenters. The van der Waals surface area contributed by atoms with Crippen LogP contribution in [0.3, 0.4) is 0 Å². The summed E-state index contributed by atoms with van der Waals surface area (Å²) in [6.45, 7) is 2.50. The van der Waals surface area contributed by atoms with Crippen LogP contribution in [0.5, 0.6) is 0 Å². The van der Waals surface area contributed by atoms with Crippen molar-refractivity contribution >= 4 is 17.4 Å². The third-order valence-electron chi connectivity index (χ3n) is 2.70. The molecule has 0 spiro atoms. The highest BCUT2D eigenvalue weighted by Gasteiger charge is 2.08. The molecule has 1 rings (SSSR count). The van der Waals surface area contributed by atoms with Crippen molar-refractivity contribution in [2.45, 2.75) is 13.0 Å². The van der Waals surface area contributed by atoms with Gasteiger partial charge in [-0.1, -0.05) is 17.7 Å². The van der Waals surface area contributed by atoms with E-state index < -0.39 is 5.82 Å². The number of benzene rings is 1. The number of rotatable bonds is 8. The Kier molecular flexibility index (Phi) is 6.77. The summed E-state index contributed by atoms with van der Waals surface area (Å²) < 4.78 is 18.4. The zero-order valence-electron chi connectivity index (χ0n) is 11.0. The highest BCUT2D eigenvalue weighted by atomic mass is 35.5. The molecule has 6 heteroatoms. The summed E-state index contributed by atoms with van der Waals surface area (Å²) in [6.07, 6.45) is 0.486. The lowest BCUT2D eigenvalue weighted by Gasteiger charge is -2.21. The molecule has 0 aliphatic heterocycles. The molecule has 3 N–H and O–H groups in total. The van der Waals surface area contributed by atoms with E-state index in [9.17, 15) is 4.39 Å². The van der Waals surface area contributed by atoms with Crippen molar-refractivity contribution in [2.24, 2.45) is 5.73 Å². The summed E-state index contributed by atoms with van der Waals surface area (Å²) >= 11 is 5.65. The average molecular weight is 288 g/mol. The number of hydrogen-bond donors (Lipinski definition) is 2. The fraction of sp³-hybridized carbons (Fsp3) is 0.462. The van der Waals surface area contributed by atoms with Crippen LogP contribution in [0.1, 0.15) is 12.0 Å². The summed E-state index contributed by atoms with van der Waals surface area (Å²) in [5.74, 6) is -0.276. The first kappa shape index (κ1) is 15.9. The minimum Gasteiger partial charge on any atom is -0.388 e. The van der Waals surface area contributed by atoms with Gasteiger partial charge in [-0.05, 0) is 17.7 Å². The zero-order chi connectivity index (χ0) is 14.3. The van der Waals surface area contributed by atoms with Gasteiger partial charge in [0.15, 0.2) is 0 Å². The van der Waals surface area contributed by atoms with Gasteiger partial charge >= 0.3 is 0 Å². The highest BCUT2D eigenvalue weighted by Crippen LogP contribution is 2.16. The van der Waals surface area contributed by atoms with Crippen LogP contribution in [-0.2, 0) is 11.3 Å². The van der Waals surface area contributed by atoms with Crippen LogP contribution in [0.4, 0.5) is 4.39 Å². The van der Waals surface area contributed by atoms with Gasteiger partial charge < -0.3 is 10.5 Å². The average Bonchev–Trinajstić information content (AvgIpc) is 2.37. The molecule has 0 fully saturated rings. The molecule has 0 unspecified atom stereocenters.